The Morgan fingerprint density at radius 1 is 1.19 bits per heavy atom. The van der Waals surface area contributed by atoms with Gasteiger partial charge in [0.15, 0.2) is 5.03 Å². The lowest BCUT2D eigenvalue weighted by Crippen LogP contribution is -2.40. The normalized spacial score (nSPS) is 17.2. The van der Waals surface area contributed by atoms with Gasteiger partial charge in [-0.15, -0.1) is 0 Å². The molecule has 190 valence electrons. The first kappa shape index (κ1) is 25.6. The zero-order chi connectivity index (χ0) is 26.1. The third-order valence-electron chi connectivity index (χ3n) is 6.31. The average Bonchev–Trinajstić information content (AvgIpc) is 3.11. The van der Waals surface area contributed by atoms with Gasteiger partial charge in [-0.25, -0.2) is 22.8 Å². The number of hydrogen-bond acceptors (Lipinski definition) is 7. The molecule has 0 aliphatic carbocycles. The summed E-state index contributed by atoms with van der Waals surface area (Å²) in [5.74, 6) is -0.576. The molecule has 1 amide bonds. The topological polar surface area (TPSA) is 115 Å². The Balaban J connectivity index is 1.65. The molecule has 1 aromatic carbocycles. The number of rotatable bonds is 8. The lowest BCUT2D eigenvalue weighted by Gasteiger charge is -2.33. The van der Waals surface area contributed by atoms with Crippen LogP contribution in [0.25, 0.3) is 0 Å². The Morgan fingerprint density at radius 2 is 1.94 bits per heavy atom. The van der Waals surface area contributed by atoms with E-state index in [4.69, 9.17) is 10.5 Å². The van der Waals surface area contributed by atoms with Crippen LogP contribution in [0.15, 0.2) is 64.6 Å². The molecule has 1 aliphatic heterocycles. The van der Waals surface area contributed by atoms with E-state index in [0.717, 1.165) is 6.42 Å². The summed E-state index contributed by atoms with van der Waals surface area (Å²) in [6, 6.07) is 12.0. The van der Waals surface area contributed by atoms with Crippen molar-refractivity contribution in [3.63, 3.8) is 0 Å². The average molecular weight is 513 g/mol. The van der Waals surface area contributed by atoms with Crippen LogP contribution >= 0.6 is 0 Å². The largest absolute Gasteiger partial charge is 0.477 e. The number of amides is 1. The molecule has 3 aromatic rings. The van der Waals surface area contributed by atoms with Crippen LogP contribution in [-0.4, -0.2) is 43.0 Å². The maximum atomic E-state index is 13.8. The molecule has 10 heteroatoms. The first-order chi connectivity index (χ1) is 17.0. The fourth-order valence-electron chi connectivity index (χ4n) is 4.76. The highest BCUT2D eigenvalue weighted by Crippen LogP contribution is 2.39. The Kier molecular flexibility index (Phi) is 6.99. The molecule has 0 bridgehead atoms. The van der Waals surface area contributed by atoms with Crippen molar-refractivity contribution in [3.05, 3.63) is 71.7 Å². The van der Waals surface area contributed by atoms with Crippen LogP contribution in [0.2, 0.25) is 0 Å². The Bertz CT molecular complexity index is 1390. The number of hydrogen-bond donors (Lipinski definition) is 1. The third-order valence-corrected chi connectivity index (χ3v) is 8.01. The SMILES string of the molecule is CC1CN(c2nccc(S(=O)(=O)c3cccc(OCCc4ccccc4F)n3)c2C(N)=O)C(C)(C)C1. The van der Waals surface area contributed by atoms with Crippen LogP contribution < -0.4 is 15.4 Å². The second-order valence-corrected chi connectivity index (χ2v) is 11.5. The maximum absolute atomic E-state index is 13.8. The first-order valence-corrected chi connectivity index (χ1v) is 13.1. The van der Waals surface area contributed by atoms with Crippen molar-refractivity contribution in [2.24, 2.45) is 11.7 Å². The zero-order valence-corrected chi connectivity index (χ0v) is 21.3. The summed E-state index contributed by atoms with van der Waals surface area (Å²) < 4.78 is 46.7. The van der Waals surface area contributed by atoms with Gasteiger partial charge in [0.05, 0.1) is 11.5 Å². The Morgan fingerprint density at radius 3 is 2.61 bits per heavy atom. The minimum absolute atomic E-state index is 0.0665. The standard InChI is InChI=1S/C26H29FN4O4S/c1-17-15-26(2,3)31(16-17)25-23(24(28)32)20(11-13-29-25)36(33,34)22-10-6-9-21(30-22)35-14-12-18-7-4-5-8-19(18)27/h4-11,13,17H,12,14-16H2,1-3H3,(H2,28,32). The smallest absolute Gasteiger partial charge is 0.253 e. The van der Waals surface area contributed by atoms with E-state index in [1.807, 2.05) is 18.7 Å². The minimum Gasteiger partial charge on any atom is -0.477 e. The van der Waals surface area contributed by atoms with E-state index in [1.54, 1.807) is 18.2 Å². The van der Waals surface area contributed by atoms with Crippen LogP contribution in [0.5, 0.6) is 5.88 Å². The van der Waals surface area contributed by atoms with Crippen LogP contribution in [0.4, 0.5) is 10.2 Å². The number of nitrogens with zero attached hydrogens (tertiary/aromatic N) is 3. The summed E-state index contributed by atoms with van der Waals surface area (Å²) in [7, 11) is -4.24. The summed E-state index contributed by atoms with van der Waals surface area (Å²) in [5.41, 5.74) is 5.69. The highest BCUT2D eigenvalue weighted by Gasteiger charge is 2.40. The van der Waals surface area contributed by atoms with E-state index in [-0.39, 0.29) is 51.6 Å². The maximum Gasteiger partial charge on any atom is 0.253 e. The number of carbonyl (C=O) groups is 1. The Hall–Kier alpha value is -3.53. The minimum atomic E-state index is -4.24. The van der Waals surface area contributed by atoms with Crippen LogP contribution in [-0.2, 0) is 16.3 Å². The van der Waals surface area contributed by atoms with Crippen molar-refractivity contribution in [2.75, 3.05) is 18.1 Å². The van der Waals surface area contributed by atoms with Gasteiger partial charge in [-0.3, -0.25) is 4.79 Å². The second kappa shape index (κ2) is 9.85. The lowest BCUT2D eigenvalue weighted by atomic mass is 9.97. The zero-order valence-electron chi connectivity index (χ0n) is 20.4. The van der Waals surface area contributed by atoms with E-state index >= 15 is 0 Å². The molecule has 1 fully saturated rings. The number of primary amides is 1. The monoisotopic (exact) mass is 512 g/mol. The molecule has 1 saturated heterocycles. The van der Waals surface area contributed by atoms with Gasteiger partial charge in [0.25, 0.3) is 5.91 Å². The molecule has 1 unspecified atom stereocenters. The quantitative estimate of drug-likeness (QED) is 0.488. The van der Waals surface area contributed by atoms with Gasteiger partial charge in [-0.1, -0.05) is 31.2 Å². The number of ether oxygens (including phenoxy) is 1. The van der Waals surface area contributed by atoms with Crippen LogP contribution in [0.1, 0.15) is 43.1 Å². The number of benzene rings is 1. The van der Waals surface area contributed by atoms with Crippen molar-refractivity contribution in [3.8, 4) is 5.88 Å². The number of halogens is 1. The summed E-state index contributed by atoms with van der Waals surface area (Å²) in [4.78, 5) is 22.7. The fourth-order valence-corrected chi connectivity index (χ4v) is 6.15. The van der Waals surface area contributed by atoms with Crippen LogP contribution in [0, 0.1) is 11.7 Å². The molecule has 8 nitrogen and oxygen atoms in total. The van der Waals surface area contributed by atoms with Crippen molar-refractivity contribution < 1.29 is 22.3 Å². The molecule has 0 spiro atoms. The predicted molar refractivity (Wildman–Crippen MR) is 133 cm³/mol. The predicted octanol–water partition coefficient (Wildman–Crippen LogP) is 3.79. The molecule has 36 heavy (non-hydrogen) atoms. The van der Waals surface area contributed by atoms with E-state index in [1.165, 1.54) is 36.5 Å². The molecule has 3 heterocycles. The van der Waals surface area contributed by atoms with Gasteiger partial charge in [0.2, 0.25) is 15.7 Å². The van der Waals surface area contributed by atoms with Crippen molar-refractivity contribution in [2.45, 2.75) is 49.1 Å². The lowest BCUT2D eigenvalue weighted by molar-refractivity contribution is 0.0997. The number of carbonyl (C=O) groups excluding carboxylic acids is 1. The Labute approximate surface area is 210 Å². The van der Waals surface area contributed by atoms with E-state index in [9.17, 15) is 17.6 Å². The summed E-state index contributed by atoms with van der Waals surface area (Å²) in [5, 5.41) is -0.292. The van der Waals surface area contributed by atoms with Gasteiger partial charge in [0, 0.05) is 30.8 Å². The number of pyridine rings is 2. The van der Waals surface area contributed by atoms with Crippen molar-refractivity contribution >= 4 is 21.6 Å². The molecular formula is C26H29FN4O4S. The molecular weight excluding hydrogens is 483 g/mol. The number of aromatic nitrogens is 2. The first-order valence-electron chi connectivity index (χ1n) is 11.7. The molecule has 0 saturated carbocycles. The second-order valence-electron chi connectivity index (χ2n) is 9.61. The number of anilines is 1. The van der Waals surface area contributed by atoms with Gasteiger partial charge in [-0.05, 0) is 49.9 Å². The third kappa shape index (κ3) is 5.04. The molecule has 1 aliphatic rings. The van der Waals surface area contributed by atoms with E-state index in [2.05, 4.69) is 16.9 Å². The van der Waals surface area contributed by atoms with E-state index < -0.39 is 15.7 Å². The molecule has 2 aromatic heterocycles. The summed E-state index contributed by atoms with van der Waals surface area (Å²) in [6.45, 7) is 6.86. The van der Waals surface area contributed by atoms with Gasteiger partial charge >= 0.3 is 0 Å². The van der Waals surface area contributed by atoms with Gasteiger partial charge < -0.3 is 15.4 Å². The van der Waals surface area contributed by atoms with E-state index in [0.29, 0.717) is 18.0 Å². The molecule has 2 N–H and O–H groups in total. The van der Waals surface area contributed by atoms with Gasteiger partial charge in [-0.2, -0.15) is 0 Å². The van der Waals surface area contributed by atoms with Gasteiger partial charge in [0.1, 0.15) is 17.2 Å². The highest BCUT2D eigenvalue weighted by molar-refractivity contribution is 7.91. The van der Waals surface area contributed by atoms with Crippen molar-refractivity contribution in [1.82, 2.24) is 9.97 Å². The summed E-state index contributed by atoms with van der Waals surface area (Å²) in [6.07, 6.45) is 2.51. The molecule has 0 radical (unpaired) electrons. The summed E-state index contributed by atoms with van der Waals surface area (Å²) >= 11 is 0. The molecule has 1 atom stereocenters. The molecule has 4 rings (SSSR count). The number of sulfone groups is 1. The highest BCUT2D eigenvalue weighted by atomic mass is 32.2. The number of nitrogens with two attached hydrogens (primary N) is 1. The fraction of sp³-hybridized carbons (Fsp3) is 0.346. The van der Waals surface area contributed by atoms with Crippen LogP contribution in [0.3, 0.4) is 0 Å². The van der Waals surface area contributed by atoms with Crippen molar-refractivity contribution in [1.29, 1.82) is 0 Å².